The first-order chi connectivity index (χ1) is 4.25. The Morgan fingerprint density at radius 2 is 2.33 bits per heavy atom. The monoisotopic (exact) mass is 133 g/mol. The van der Waals surface area contributed by atoms with Crippen molar-refractivity contribution in [3.8, 4) is 0 Å². The van der Waals surface area contributed by atoms with Gasteiger partial charge in [-0.2, -0.15) is 0 Å². The molecule has 4 nitrogen and oxygen atoms in total. The Hall–Kier alpha value is -0.160. The fourth-order valence-corrected chi connectivity index (χ4v) is 0.816. The maximum atomic E-state index is 10.7. The molecule has 4 heteroatoms. The van der Waals surface area contributed by atoms with Crippen LogP contribution < -0.4 is 0 Å². The highest BCUT2D eigenvalue weighted by molar-refractivity contribution is 4.81. The van der Waals surface area contributed by atoms with Crippen molar-refractivity contribution >= 4 is 0 Å². The minimum atomic E-state index is -1.17. The molecule has 3 atom stereocenters. The zero-order chi connectivity index (χ0) is 6.85. The number of aliphatic hydroxyl groups is 2. The van der Waals surface area contributed by atoms with Gasteiger partial charge in [0.15, 0.2) is 0 Å². The van der Waals surface area contributed by atoms with Crippen LogP contribution in [0.1, 0.15) is 0 Å². The largest absolute Gasteiger partial charge is 0.394 e. The van der Waals surface area contributed by atoms with Crippen LogP contribution in [-0.4, -0.2) is 41.7 Å². The molecular weight excluding hydrogens is 124 g/mol. The first-order valence-corrected chi connectivity index (χ1v) is 2.82. The van der Waals surface area contributed by atoms with Crippen LogP contribution in [0, 0.1) is 0 Å². The number of ether oxygens (including phenoxy) is 1. The van der Waals surface area contributed by atoms with Gasteiger partial charge in [-0.05, 0) is 0 Å². The van der Waals surface area contributed by atoms with E-state index in [4.69, 9.17) is 14.9 Å². The molecule has 53 valence electrons. The SMILES string of the molecule is [O][C@H]1[C@H](CO)OC[C@@H]1O. The van der Waals surface area contributed by atoms with E-state index >= 15 is 0 Å². The predicted octanol–water partition coefficient (Wildman–Crippen LogP) is -1.46. The van der Waals surface area contributed by atoms with Crippen molar-refractivity contribution in [2.45, 2.75) is 18.3 Å². The fraction of sp³-hybridized carbons (Fsp3) is 1.00. The molecule has 0 spiro atoms. The fourth-order valence-electron chi connectivity index (χ4n) is 0.816. The van der Waals surface area contributed by atoms with Crippen molar-refractivity contribution in [1.29, 1.82) is 0 Å². The lowest BCUT2D eigenvalue weighted by Gasteiger charge is -2.07. The minimum absolute atomic E-state index is 0.0550. The summed E-state index contributed by atoms with van der Waals surface area (Å²) in [5.74, 6) is 0. The molecule has 0 amide bonds. The summed E-state index contributed by atoms with van der Waals surface area (Å²) in [6.07, 6.45) is -2.82. The van der Waals surface area contributed by atoms with Crippen LogP contribution in [0.15, 0.2) is 0 Å². The van der Waals surface area contributed by atoms with Gasteiger partial charge >= 0.3 is 0 Å². The van der Waals surface area contributed by atoms with Gasteiger partial charge in [-0.15, -0.1) is 0 Å². The van der Waals surface area contributed by atoms with Gasteiger partial charge < -0.3 is 14.9 Å². The third kappa shape index (κ3) is 1.21. The lowest BCUT2D eigenvalue weighted by atomic mass is 10.2. The number of hydrogen-bond acceptors (Lipinski definition) is 3. The van der Waals surface area contributed by atoms with Crippen molar-refractivity contribution in [2.75, 3.05) is 13.2 Å². The van der Waals surface area contributed by atoms with Crippen molar-refractivity contribution < 1.29 is 20.1 Å². The van der Waals surface area contributed by atoms with Gasteiger partial charge in [0.05, 0.1) is 13.2 Å². The molecule has 1 aliphatic rings. The van der Waals surface area contributed by atoms with Crippen LogP contribution in [0.4, 0.5) is 0 Å². The third-order valence-electron chi connectivity index (χ3n) is 1.41. The van der Waals surface area contributed by atoms with Gasteiger partial charge in [0.1, 0.15) is 18.3 Å². The first-order valence-electron chi connectivity index (χ1n) is 2.82. The highest BCUT2D eigenvalue weighted by atomic mass is 16.5. The molecule has 2 N–H and O–H groups in total. The topological polar surface area (TPSA) is 69.6 Å². The van der Waals surface area contributed by atoms with Gasteiger partial charge in [0, 0.05) is 0 Å². The Morgan fingerprint density at radius 3 is 2.56 bits per heavy atom. The zero-order valence-corrected chi connectivity index (χ0v) is 4.86. The van der Waals surface area contributed by atoms with Gasteiger partial charge in [0.2, 0.25) is 0 Å². The van der Waals surface area contributed by atoms with E-state index < -0.39 is 18.3 Å². The molecule has 1 fully saturated rings. The zero-order valence-electron chi connectivity index (χ0n) is 4.86. The summed E-state index contributed by atoms with van der Waals surface area (Å²) >= 11 is 0. The quantitative estimate of drug-likeness (QED) is 0.459. The maximum absolute atomic E-state index is 10.7. The van der Waals surface area contributed by atoms with Crippen LogP contribution in [0.3, 0.4) is 0 Å². The van der Waals surface area contributed by atoms with E-state index in [-0.39, 0.29) is 13.2 Å². The van der Waals surface area contributed by atoms with E-state index in [9.17, 15) is 5.11 Å². The molecule has 0 aromatic carbocycles. The summed E-state index contributed by atoms with van der Waals surface area (Å²) in [7, 11) is 0. The molecule has 0 aromatic rings. The van der Waals surface area contributed by atoms with Crippen LogP contribution in [0.2, 0.25) is 0 Å². The summed E-state index contributed by atoms with van der Waals surface area (Å²) in [5, 5.41) is 27.9. The van der Waals surface area contributed by atoms with Crippen molar-refractivity contribution in [2.24, 2.45) is 0 Å². The van der Waals surface area contributed by atoms with E-state index in [1.54, 1.807) is 0 Å². The van der Waals surface area contributed by atoms with Crippen molar-refractivity contribution in [3.05, 3.63) is 0 Å². The summed E-state index contributed by atoms with van der Waals surface area (Å²) < 4.78 is 4.71. The van der Waals surface area contributed by atoms with Gasteiger partial charge in [0.25, 0.3) is 0 Å². The van der Waals surface area contributed by atoms with Crippen molar-refractivity contribution in [3.63, 3.8) is 0 Å². The number of aliphatic hydroxyl groups excluding tert-OH is 2. The lowest BCUT2D eigenvalue weighted by molar-refractivity contribution is -0.0431. The molecule has 1 saturated heterocycles. The lowest BCUT2D eigenvalue weighted by Crippen LogP contribution is -2.30. The van der Waals surface area contributed by atoms with Crippen LogP contribution in [0.25, 0.3) is 0 Å². The second-order valence-corrected chi connectivity index (χ2v) is 2.09. The summed E-state index contributed by atoms with van der Waals surface area (Å²) in [4.78, 5) is 0. The van der Waals surface area contributed by atoms with Crippen LogP contribution >= 0.6 is 0 Å². The molecule has 0 aliphatic carbocycles. The number of hydrogen-bond donors (Lipinski definition) is 2. The molecule has 1 heterocycles. The normalized spacial score (nSPS) is 43.7. The first kappa shape index (κ1) is 6.95. The van der Waals surface area contributed by atoms with E-state index in [0.29, 0.717) is 0 Å². The molecule has 0 unspecified atom stereocenters. The highest BCUT2D eigenvalue weighted by Crippen LogP contribution is 2.13. The average Bonchev–Trinajstić information content (AvgIpc) is 2.15. The number of rotatable bonds is 1. The van der Waals surface area contributed by atoms with Crippen LogP contribution in [0.5, 0.6) is 0 Å². The van der Waals surface area contributed by atoms with Gasteiger partial charge in [-0.1, -0.05) is 0 Å². The molecular formula is C5H9O4. The van der Waals surface area contributed by atoms with E-state index in [2.05, 4.69) is 0 Å². The molecule has 0 bridgehead atoms. The molecule has 0 aromatic heterocycles. The molecule has 0 saturated carbocycles. The molecule has 1 rings (SSSR count). The minimum Gasteiger partial charge on any atom is -0.394 e. The van der Waals surface area contributed by atoms with E-state index in [0.717, 1.165) is 0 Å². The van der Waals surface area contributed by atoms with Gasteiger partial charge in [-0.25, -0.2) is 5.11 Å². The van der Waals surface area contributed by atoms with Crippen LogP contribution in [-0.2, 0) is 9.84 Å². The Morgan fingerprint density at radius 1 is 1.67 bits per heavy atom. The maximum Gasteiger partial charge on any atom is 0.149 e. The smallest absolute Gasteiger partial charge is 0.149 e. The summed E-state index contributed by atoms with van der Waals surface area (Å²) in [6.45, 7) is -0.245. The molecule has 9 heavy (non-hydrogen) atoms. The van der Waals surface area contributed by atoms with Gasteiger partial charge in [-0.3, -0.25) is 0 Å². The third-order valence-corrected chi connectivity index (χ3v) is 1.41. The Kier molecular flexibility index (Phi) is 2.02. The van der Waals surface area contributed by atoms with E-state index in [1.165, 1.54) is 0 Å². The average molecular weight is 133 g/mol. The second-order valence-electron chi connectivity index (χ2n) is 2.09. The Bertz CT molecular complexity index is 95.0. The van der Waals surface area contributed by atoms with E-state index in [1.807, 2.05) is 0 Å². The molecule has 1 radical (unpaired) electrons. The summed E-state index contributed by atoms with van der Waals surface area (Å²) in [6, 6.07) is 0. The second kappa shape index (κ2) is 2.62. The predicted molar refractivity (Wildman–Crippen MR) is 27.3 cm³/mol. The highest BCUT2D eigenvalue weighted by Gasteiger charge is 2.35. The summed E-state index contributed by atoms with van der Waals surface area (Å²) in [5.41, 5.74) is 0. The standard InChI is InChI=1S/C5H9O4/c6-1-4-5(8)3(7)2-9-4/h3-7H,1-2H2/t3-,4-,5+/m0/s1. The molecule has 1 aliphatic heterocycles. The van der Waals surface area contributed by atoms with Crippen molar-refractivity contribution in [1.82, 2.24) is 0 Å². The Labute approximate surface area is 52.7 Å². The Balaban J connectivity index is 2.41.